The molecule has 2 aliphatic heterocycles. The van der Waals surface area contributed by atoms with Crippen LogP contribution in [0.5, 0.6) is 11.5 Å². The van der Waals surface area contributed by atoms with E-state index in [1.165, 1.54) is 0 Å². The minimum atomic E-state index is -0.371. The van der Waals surface area contributed by atoms with E-state index in [-0.39, 0.29) is 24.6 Å². The second-order valence-corrected chi connectivity index (χ2v) is 5.67. The van der Waals surface area contributed by atoms with Gasteiger partial charge < -0.3 is 19.7 Å². The van der Waals surface area contributed by atoms with Gasteiger partial charge >= 0.3 is 0 Å². The molecule has 2 amide bonds. The topological polar surface area (TPSA) is 67.9 Å². The van der Waals surface area contributed by atoms with E-state index in [4.69, 9.17) is 9.47 Å². The summed E-state index contributed by atoms with van der Waals surface area (Å²) in [6.45, 7) is 0.647. The molecule has 1 aromatic carbocycles. The molecule has 1 aromatic rings. The first-order valence-corrected chi connectivity index (χ1v) is 7.57. The number of rotatable bonds is 3. The minimum absolute atomic E-state index is 0.0423. The number of likely N-dealkylation sites (N-methyl/N-ethyl adjacent to an activating group) is 1. The lowest BCUT2D eigenvalue weighted by atomic mass is 10.1. The molecule has 1 unspecified atom stereocenters. The highest BCUT2D eigenvalue weighted by Gasteiger charge is 2.28. The number of hydrogen-bond donors (Lipinski definition) is 1. The van der Waals surface area contributed by atoms with Gasteiger partial charge in [-0.15, -0.1) is 0 Å². The van der Waals surface area contributed by atoms with Gasteiger partial charge in [-0.05, 0) is 30.5 Å². The highest BCUT2D eigenvalue weighted by Crippen LogP contribution is 2.32. The van der Waals surface area contributed by atoms with E-state index >= 15 is 0 Å². The molecule has 0 aliphatic carbocycles. The number of carbonyl (C=O) groups is 2. The summed E-state index contributed by atoms with van der Waals surface area (Å²) in [5, 5.41) is 2.91. The second kappa shape index (κ2) is 6.25. The van der Waals surface area contributed by atoms with Crippen LogP contribution in [0.2, 0.25) is 0 Å². The van der Waals surface area contributed by atoms with E-state index < -0.39 is 0 Å². The Balaban J connectivity index is 1.60. The van der Waals surface area contributed by atoms with Crippen LogP contribution in [0, 0.1) is 0 Å². The number of amides is 2. The zero-order chi connectivity index (χ0) is 15.5. The molecule has 3 rings (SSSR count). The third-order valence-corrected chi connectivity index (χ3v) is 4.19. The normalized spacial score (nSPS) is 20.7. The highest BCUT2D eigenvalue weighted by atomic mass is 16.7. The average Bonchev–Trinajstić information content (AvgIpc) is 2.92. The molecule has 0 saturated carbocycles. The molecule has 1 saturated heterocycles. The Labute approximate surface area is 129 Å². The molecule has 1 N–H and O–H groups in total. The van der Waals surface area contributed by atoms with Crippen molar-refractivity contribution in [1.29, 1.82) is 0 Å². The number of benzene rings is 1. The molecule has 0 bridgehead atoms. The summed E-state index contributed by atoms with van der Waals surface area (Å²) < 4.78 is 10.6. The lowest BCUT2D eigenvalue weighted by molar-refractivity contribution is -0.138. The van der Waals surface area contributed by atoms with E-state index in [1.54, 1.807) is 11.9 Å². The molecular formula is C16H20N2O4. The predicted octanol–water partition coefficient (Wildman–Crippen LogP) is 1.43. The van der Waals surface area contributed by atoms with Crippen LogP contribution in [0.25, 0.3) is 0 Å². The van der Waals surface area contributed by atoms with Crippen molar-refractivity contribution in [2.75, 3.05) is 13.8 Å². The van der Waals surface area contributed by atoms with Crippen LogP contribution >= 0.6 is 0 Å². The summed E-state index contributed by atoms with van der Waals surface area (Å²) >= 11 is 0. The van der Waals surface area contributed by atoms with Crippen molar-refractivity contribution in [3.05, 3.63) is 23.8 Å². The number of hydrogen-bond acceptors (Lipinski definition) is 4. The summed E-state index contributed by atoms with van der Waals surface area (Å²) in [5.41, 5.74) is 0.945. The van der Waals surface area contributed by atoms with Crippen LogP contribution < -0.4 is 14.8 Å². The molecule has 1 fully saturated rings. The molecule has 0 spiro atoms. The van der Waals surface area contributed by atoms with E-state index in [0.717, 1.165) is 30.6 Å². The van der Waals surface area contributed by atoms with Crippen molar-refractivity contribution in [2.24, 2.45) is 0 Å². The number of fused-ring (bicyclic) bond motifs is 1. The van der Waals surface area contributed by atoms with Crippen LogP contribution in [0.1, 0.15) is 31.2 Å². The summed E-state index contributed by atoms with van der Waals surface area (Å²) in [4.78, 5) is 25.8. The molecule has 1 atom stereocenters. The van der Waals surface area contributed by atoms with E-state index in [2.05, 4.69) is 5.32 Å². The quantitative estimate of drug-likeness (QED) is 0.917. The van der Waals surface area contributed by atoms with Gasteiger partial charge in [0.15, 0.2) is 11.5 Å². The maximum Gasteiger partial charge on any atom is 0.243 e. The zero-order valence-corrected chi connectivity index (χ0v) is 12.6. The van der Waals surface area contributed by atoms with Gasteiger partial charge in [-0.2, -0.15) is 0 Å². The number of ether oxygens (including phenoxy) is 2. The first-order chi connectivity index (χ1) is 10.6. The summed E-state index contributed by atoms with van der Waals surface area (Å²) in [6.07, 6.45) is 3.00. The van der Waals surface area contributed by atoms with Crippen molar-refractivity contribution in [2.45, 2.75) is 38.3 Å². The Hall–Kier alpha value is -2.24. The van der Waals surface area contributed by atoms with Gasteiger partial charge in [0.05, 0.1) is 0 Å². The third kappa shape index (κ3) is 3.00. The van der Waals surface area contributed by atoms with Gasteiger partial charge in [0.1, 0.15) is 6.04 Å². The fourth-order valence-corrected chi connectivity index (χ4v) is 2.82. The Morgan fingerprint density at radius 2 is 2.14 bits per heavy atom. The smallest absolute Gasteiger partial charge is 0.243 e. The molecule has 2 heterocycles. The fourth-order valence-electron chi connectivity index (χ4n) is 2.82. The maximum absolute atomic E-state index is 12.4. The van der Waals surface area contributed by atoms with Gasteiger partial charge in [0, 0.05) is 20.0 Å². The van der Waals surface area contributed by atoms with Crippen LogP contribution in [-0.2, 0) is 16.1 Å². The highest BCUT2D eigenvalue weighted by molar-refractivity contribution is 5.87. The van der Waals surface area contributed by atoms with Gasteiger partial charge in [-0.3, -0.25) is 9.59 Å². The molecule has 2 aliphatic rings. The van der Waals surface area contributed by atoms with Gasteiger partial charge in [-0.25, -0.2) is 0 Å². The molecule has 22 heavy (non-hydrogen) atoms. The molecule has 6 heteroatoms. The van der Waals surface area contributed by atoms with Crippen molar-refractivity contribution in [1.82, 2.24) is 10.2 Å². The lowest BCUT2D eigenvalue weighted by Crippen LogP contribution is -2.46. The molecule has 118 valence electrons. The van der Waals surface area contributed by atoms with E-state index in [0.29, 0.717) is 18.7 Å². The Bertz CT molecular complexity index is 588. The van der Waals surface area contributed by atoms with Crippen molar-refractivity contribution >= 4 is 11.8 Å². The molecular weight excluding hydrogens is 284 g/mol. The third-order valence-electron chi connectivity index (χ3n) is 4.19. The van der Waals surface area contributed by atoms with Crippen molar-refractivity contribution in [3.8, 4) is 11.5 Å². The van der Waals surface area contributed by atoms with Crippen molar-refractivity contribution in [3.63, 3.8) is 0 Å². The average molecular weight is 304 g/mol. The van der Waals surface area contributed by atoms with Crippen LogP contribution in [0.4, 0.5) is 0 Å². The first-order valence-electron chi connectivity index (χ1n) is 7.57. The Morgan fingerprint density at radius 1 is 1.32 bits per heavy atom. The van der Waals surface area contributed by atoms with E-state index in [9.17, 15) is 9.59 Å². The summed E-state index contributed by atoms with van der Waals surface area (Å²) in [6, 6.07) is 5.23. The second-order valence-electron chi connectivity index (χ2n) is 5.67. The molecule has 0 radical (unpaired) electrons. The lowest BCUT2D eigenvalue weighted by Gasteiger charge is -2.25. The van der Waals surface area contributed by atoms with Crippen LogP contribution in [-0.4, -0.2) is 36.6 Å². The summed E-state index contributed by atoms with van der Waals surface area (Å²) in [7, 11) is 1.71. The zero-order valence-electron chi connectivity index (χ0n) is 12.6. The SMILES string of the molecule is CN1C(=O)CCCCC1C(=O)NCc1ccc2c(c1)OCO2. The number of nitrogens with one attached hydrogen (secondary N) is 1. The van der Waals surface area contributed by atoms with E-state index in [1.807, 2.05) is 18.2 Å². The fraction of sp³-hybridized carbons (Fsp3) is 0.500. The van der Waals surface area contributed by atoms with Crippen LogP contribution in [0.15, 0.2) is 18.2 Å². The first kappa shape index (κ1) is 14.7. The minimum Gasteiger partial charge on any atom is -0.454 e. The largest absolute Gasteiger partial charge is 0.454 e. The predicted molar refractivity (Wildman–Crippen MR) is 79.4 cm³/mol. The number of nitrogens with zero attached hydrogens (tertiary/aromatic N) is 1. The summed E-state index contributed by atoms with van der Waals surface area (Å²) in [5.74, 6) is 1.37. The number of carbonyl (C=O) groups excluding carboxylic acids is 2. The maximum atomic E-state index is 12.4. The number of likely N-dealkylation sites (tertiary alicyclic amines) is 1. The van der Waals surface area contributed by atoms with Gasteiger partial charge in [0.25, 0.3) is 0 Å². The van der Waals surface area contributed by atoms with Gasteiger partial charge in [-0.1, -0.05) is 12.5 Å². The van der Waals surface area contributed by atoms with Gasteiger partial charge in [0.2, 0.25) is 18.6 Å². The Morgan fingerprint density at radius 3 is 3.00 bits per heavy atom. The Kier molecular flexibility index (Phi) is 4.18. The van der Waals surface area contributed by atoms with Crippen molar-refractivity contribution < 1.29 is 19.1 Å². The molecule has 6 nitrogen and oxygen atoms in total. The monoisotopic (exact) mass is 304 g/mol. The molecule has 0 aromatic heterocycles. The standard InChI is InChI=1S/C16H20N2O4/c1-18-12(4-2-3-5-15(18)19)16(20)17-9-11-6-7-13-14(8-11)22-10-21-13/h6-8,12H,2-5,9-10H2,1H3,(H,17,20). The van der Waals surface area contributed by atoms with Crippen LogP contribution in [0.3, 0.4) is 0 Å².